The Balaban J connectivity index is 1.57. The van der Waals surface area contributed by atoms with Gasteiger partial charge in [-0.1, -0.05) is 28.1 Å². The van der Waals surface area contributed by atoms with Crippen LogP contribution in [0.5, 0.6) is 5.75 Å². The van der Waals surface area contributed by atoms with Gasteiger partial charge in [0.05, 0.1) is 30.6 Å². The molecule has 0 aliphatic heterocycles. The van der Waals surface area contributed by atoms with E-state index in [1.165, 1.54) is 19.6 Å². The number of benzene rings is 2. The summed E-state index contributed by atoms with van der Waals surface area (Å²) in [6, 6.07) is 10.7. The van der Waals surface area contributed by atoms with Crippen LogP contribution in [0.1, 0.15) is 38.0 Å². The third kappa shape index (κ3) is 6.60. The molecule has 1 atom stereocenters. The number of ether oxygens (including phenoxy) is 1. The fourth-order valence-electron chi connectivity index (χ4n) is 3.10. The molecule has 0 bridgehead atoms. The maximum atomic E-state index is 12.9. The first-order valence-corrected chi connectivity index (χ1v) is 10.9. The van der Waals surface area contributed by atoms with E-state index in [-0.39, 0.29) is 30.1 Å². The fraction of sp³-hybridized carbons (Fsp3) is 0.217. The van der Waals surface area contributed by atoms with Gasteiger partial charge in [0.15, 0.2) is 0 Å². The van der Waals surface area contributed by atoms with Crippen LogP contribution in [0.25, 0.3) is 0 Å². The summed E-state index contributed by atoms with van der Waals surface area (Å²) in [6.45, 7) is 0.351. The number of rotatable bonds is 8. The summed E-state index contributed by atoms with van der Waals surface area (Å²) in [7, 11) is 1.18. The molecule has 0 fully saturated rings. The van der Waals surface area contributed by atoms with Crippen LogP contribution in [0.2, 0.25) is 0 Å². The second kappa shape index (κ2) is 11.1. The first-order valence-electron chi connectivity index (χ1n) is 10.1. The lowest BCUT2D eigenvalue weighted by molar-refractivity contribution is -0.137. The molecule has 2 amide bonds. The van der Waals surface area contributed by atoms with Crippen molar-refractivity contribution in [3.8, 4) is 11.8 Å². The largest absolute Gasteiger partial charge is 0.496 e. The summed E-state index contributed by atoms with van der Waals surface area (Å²) in [4.78, 5) is 28.9. The number of nitrogens with zero attached hydrogens (tertiary/aromatic N) is 3. The van der Waals surface area contributed by atoms with Gasteiger partial charge in [0.25, 0.3) is 11.8 Å². The zero-order valence-electron chi connectivity index (χ0n) is 18.3. The maximum absolute atomic E-state index is 12.9. The average molecular weight is 550 g/mol. The van der Waals surface area contributed by atoms with E-state index in [2.05, 4.69) is 31.5 Å². The Hall–Kier alpha value is -3.85. The SMILES string of the molecule is COc1cc(C(F)(F)F)ccc1C(=O)NCCn1cnc(C(=O)NC(C#N)c2ccc(Br)cc2)c1. The lowest BCUT2D eigenvalue weighted by Gasteiger charge is -2.13. The molecule has 0 saturated heterocycles. The first-order chi connectivity index (χ1) is 16.6. The highest BCUT2D eigenvalue weighted by atomic mass is 79.9. The predicted octanol–water partition coefficient (Wildman–Crippen LogP) is 4.10. The van der Waals surface area contributed by atoms with Crippen molar-refractivity contribution in [3.05, 3.63) is 81.8 Å². The number of carbonyl (C=O) groups excluding carboxylic acids is 2. The Kier molecular flexibility index (Phi) is 8.14. The number of aromatic nitrogens is 2. The number of carbonyl (C=O) groups is 2. The van der Waals surface area contributed by atoms with Gasteiger partial charge in [0, 0.05) is 23.8 Å². The summed E-state index contributed by atoms with van der Waals surface area (Å²) in [5.41, 5.74) is -0.265. The molecule has 12 heteroatoms. The Morgan fingerprint density at radius 1 is 1.20 bits per heavy atom. The number of amides is 2. The van der Waals surface area contributed by atoms with Gasteiger partial charge < -0.3 is 19.9 Å². The van der Waals surface area contributed by atoms with Crippen molar-refractivity contribution in [1.82, 2.24) is 20.2 Å². The number of alkyl halides is 3. The van der Waals surface area contributed by atoms with Crippen LogP contribution in [0.4, 0.5) is 13.2 Å². The van der Waals surface area contributed by atoms with Gasteiger partial charge in [-0.25, -0.2) is 4.98 Å². The Bertz CT molecular complexity index is 1250. The van der Waals surface area contributed by atoms with E-state index in [0.717, 1.165) is 22.7 Å². The lowest BCUT2D eigenvalue weighted by atomic mass is 10.1. The molecule has 0 spiro atoms. The fourth-order valence-corrected chi connectivity index (χ4v) is 3.36. The molecular formula is C23H19BrF3N5O3. The molecule has 35 heavy (non-hydrogen) atoms. The van der Waals surface area contributed by atoms with Gasteiger partial charge in [0.2, 0.25) is 0 Å². The quantitative estimate of drug-likeness (QED) is 0.439. The zero-order chi connectivity index (χ0) is 25.6. The van der Waals surface area contributed by atoms with E-state index in [1.807, 2.05) is 6.07 Å². The number of nitrogens with one attached hydrogen (secondary N) is 2. The van der Waals surface area contributed by atoms with E-state index >= 15 is 0 Å². The van der Waals surface area contributed by atoms with Gasteiger partial charge in [-0.3, -0.25) is 9.59 Å². The first kappa shape index (κ1) is 25.8. The normalized spacial score (nSPS) is 11.9. The monoisotopic (exact) mass is 549 g/mol. The van der Waals surface area contributed by atoms with Crippen molar-refractivity contribution in [2.75, 3.05) is 13.7 Å². The van der Waals surface area contributed by atoms with Gasteiger partial charge in [0.1, 0.15) is 17.5 Å². The van der Waals surface area contributed by atoms with Gasteiger partial charge in [-0.05, 0) is 35.9 Å². The summed E-state index contributed by atoms with van der Waals surface area (Å²) in [6.07, 6.45) is -1.71. The molecule has 8 nitrogen and oxygen atoms in total. The van der Waals surface area contributed by atoms with Gasteiger partial charge >= 0.3 is 6.18 Å². The number of hydrogen-bond acceptors (Lipinski definition) is 5. The minimum Gasteiger partial charge on any atom is -0.496 e. The third-order valence-corrected chi connectivity index (χ3v) is 5.43. The van der Waals surface area contributed by atoms with E-state index in [0.29, 0.717) is 5.56 Å². The molecule has 1 aromatic heterocycles. The van der Waals surface area contributed by atoms with Crippen molar-refractivity contribution < 1.29 is 27.5 Å². The molecule has 2 aromatic carbocycles. The van der Waals surface area contributed by atoms with Crippen molar-refractivity contribution in [1.29, 1.82) is 5.26 Å². The highest BCUT2D eigenvalue weighted by Crippen LogP contribution is 2.33. The van der Waals surface area contributed by atoms with Crippen LogP contribution >= 0.6 is 15.9 Å². The second-order valence-corrected chi connectivity index (χ2v) is 8.17. The second-order valence-electron chi connectivity index (χ2n) is 7.25. The van der Waals surface area contributed by atoms with Crippen LogP contribution in [0.15, 0.2) is 59.5 Å². The summed E-state index contributed by atoms with van der Waals surface area (Å²) in [5.74, 6) is -1.35. The summed E-state index contributed by atoms with van der Waals surface area (Å²) >= 11 is 3.31. The highest BCUT2D eigenvalue weighted by Gasteiger charge is 2.31. The van der Waals surface area contributed by atoms with Crippen molar-refractivity contribution in [2.24, 2.45) is 0 Å². The van der Waals surface area contributed by atoms with Crippen LogP contribution in [0, 0.1) is 11.3 Å². The molecule has 0 aliphatic carbocycles. The molecule has 1 unspecified atom stereocenters. The molecular weight excluding hydrogens is 531 g/mol. The zero-order valence-corrected chi connectivity index (χ0v) is 19.9. The number of nitriles is 1. The summed E-state index contributed by atoms with van der Waals surface area (Å²) in [5, 5.41) is 14.6. The molecule has 0 aliphatic rings. The Morgan fingerprint density at radius 2 is 1.91 bits per heavy atom. The highest BCUT2D eigenvalue weighted by molar-refractivity contribution is 9.10. The summed E-state index contributed by atoms with van der Waals surface area (Å²) < 4.78 is 45.9. The topological polar surface area (TPSA) is 109 Å². The van der Waals surface area contributed by atoms with Crippen molar-refractivity contribution in [2.45, 2.75) is 18.8 Å². The number of hydrogen-bond donors (Lipinski definition) is 2. The van der Waals surface area contributed by atoms with Crippen LogP contribution < -0.4 is 15.4 Å². The minimum atomic E-state index is -4.56. The smallest absolute Gasteiger partial charge is 0.416 e. The van der Waals surface area contributed by atoms with Crippen LogP contribution in [-0.4, -0.2) is 35.0 Å². The molecule has 0 radical (unpaired) electrons. The molecule has 3 aromatic rings. The number of halogens is 4. The van der Waals surface area contributed by atoms with Gasteiger partial charge in [-0.15, -0.1) is 0 Å². The minimum absolute atomic E-state index is 0.0401. The standard InChI is InChI=1S/C23H19BrF3N5O3/c1-35-20-10-15(23(25,26)27)4-7-17(20)21(33)29-8-9-32-12-19(30-13-32)22(34)31-18(11-28)14-2-5-16(24)6-3-14/h2-7,10,12-13,18H,8-9H2,1H3,(H,29,33)(H,31,34). The lowest BCUT2D eigenvalue weighted by Crippen LogP contribution is -2.28. The molecule has 1 heterocycles. The predicted molar refractivity (Wildman–Crippen MR) is 123 cm³/mol. The maximum Gasteiger partial charge on any atom is 0.416 e. The van der Waals surface area contributed by atoms with Crippen LogP contribution in [-0.2, 0) is 12.7 Å². The average Bonchev–Trinajstić information content (AvgIpc) is 3.31. The van der Waals surface area contributed by atoms with Crippen LogP contribution in [0.3, 0.4) is 0 Å². The third-order valence-electron chi connectivity index (χ3n) is 4.90. The Morgan fingerprint density at radius 3 is 2.54 bits per heavy atom. The van der Waals surface area contributed by atoms with Gasteiger partial charge in [-0.2, -0.15) is 18.4 Å². The van der Waals surface area contributed by atoms with E-state index in [9.17, 15) is 28.0 Å². The molecule has 0 saturated carbocycles. The number of imidazole rings is 1. The molecule has 2 N–H and O–H groups in total. The van der Waals surface area contributed by atoms with Crippen molar-refractivity contribution >= 4 is 27.7 Å². The molecule has 182 valence electrons. The van der Waals surface area contributed by atoms with E-state index in [4.69, 9.17) is 4.74 Å². The van der Waals surface area contributed by atoms with E-state index < -0.39 is 29.6 Å². The van der Waals surface area contributed by atoms with E-state index in [1.54, 1.807) is 28.8 Å². The van der Waals surface area contributed by atoms with Crippen molar-refractivity contribution in [3.63, 3.8) is 0 Å². The number of methoxy groups -OCH3 is 1. The Labute approximate surface area is 206 Å². The molecule has 3 rings (SSSR count).